The summed E-state index contributed by atoms with van der Waals surface area (Å²) in [7, 11) is 0. The van der Waals surface area contributed by atoms with Gasteiger partial charge in [0.1, 0.15) is 10.2 Å². The Labute approximate surface area is 145 Å². The number of likely N-dealkylation sites (tertiary alicyclic amines) is 1. The summed E-state index contributed by atoms with van der Waals surface area (Å²) in [6.45, 7) is 3.01. The number of hydrogen-bond donors (Lipinski definition) is 1. The van der Waals surface area contributed by atoms with Gasteiger partial charge in [-0.1, -0.05) is 6.07 Å². The van der Waals surface area contributed by atoms with Crippen molar-refractivity contribution < 1.29 is 9.59 Å². The third-order valence-electron chi connectivity index (χ3n) is 4.39. The van der Waals surface area contributed by atoms with Gasteiger partial charge in [0.15, 0.2) is 0 Å². The third-order valence-corrected chi connectivity index (χ3v) is 5.23. The molecule has 7 heteroatoms. The number of anilines is 1. The minimum absolute atomic E-state index is 0.0408. The smallest absolute Gasteiger partial charge is 0.230 e. The van der Waals surface area contributed by atoms with Crippen molar-refractivity contribution in [3.8, 4) is 0 Å². The van der Waals surface area contributed by atoms with E-state index in [4.69, 9.17) is 23.2 Å². The quantitative estimate of drug-likeness (QED) is 0.848. The van der Waals surface area contributed by atoms with Gasteiger partial charge in [-0.25, -0.2) is 4.98 Å². The van der Waals surface area contributed by atoms with Crippen LogP contribution in [0.1, 0.15) is 24.8 Å². The second kappa shape index (κ2) is 6.29. The zero-order valence-corrected chi connectivity index (χ0v) is 14.4. The highest BCUT2D eigenvalue weighted by Crippen LogP contribution is 2.54. The molecular formula is C16H19Cl2N3O2. The zero-order chi connectivity index (χ0) is 16.6. The fourth-order valence-electron chi connectivity index (χ4n) is 2.86. The summed E-state index contributed by atoms with van der Waals surface area (Å²) in [6, 6.07) is 3.67. The molecule has 2 amide bonds. The molecule has 0 radical (unpaired) electrons. The number of piperidine rings is 1. The van der Waals surface area contributed by atoms with Crippen molar-refractivity contribution in [3.05, 3.63) is 23.9 Å². The standard InChI is InChI=1S/C16H19Cl2N3O2/c1-10-4-5-13(19-8-10)20-14(22)11-3-2-6-21(9-11)15(23)12-7-16(12,17)18/h4-5,8,11-12H,2-3,6-7,9H2,1H3,(H,19,20,22). The topological polar surface area (TPSA) is 62.3 Å². The lowest BCUT2D eigenvalue weighted by Crippen LogP contribution is -2.44. The molecule has 2 aliphatic rings. The van der Waals surface area contributed by atoms with E-state index in [0.717, 1.165) is 18.4 Å². The Morgan fingerprint density at radius 1 is 1.39 bits per heavy atom. The molecule has 2 atom stereocenters. The van der Waals surface area contributed by atoms with E-state index in [9.17, 15) is 9.59 Å². The lowest BCUT2D eigenvalue weighted by Gasteiger charge is -2.32. The molecule has 2 fully saturated rings. The molecule has 1 saturated carbocycles. The van der Waals surface area contributed by atoms with Gasteiger partial charge in [0.2, 0.25) is 11.8 Å². The van der Waals surface area contributed by atoms with E-state index in [2.05, 4.69) is 10.3 Å². The third kappa shape index (κ3) is 3.78. The number of aromatic nitrogens is 1. The highest BCUT2D eigenvalue weighted by molar-refractivity contribution is 6.52. The van der Waals surface area contributed by atoms with Crippen molar-refractivity contribution in [1.82, 2.24) is 9.88 Å². The Kier molecular flexibility index (Phi) is 4.52. The van der Waals surface area contributed by atoms with Gasteiger partial charge >= 0.3 is 0 Å². The van der Waals surface area contributed by atoms with Crippen LogP contribution in [0.3, 0.4) is 0 Å². The van der Waals surface area contributed by atoms with Crippen LogP contribution in [-0.2, 0) is 9.59 Å². The predicted octanol–water partition coefficient (Wildman–Crippen LogP) is 2.76. The molecule has 2 heterocycles. The Bertz CT molecular complexity index is 618. The van der Waals surface area contributed by atoms with Crippen molar-refractivity contribution >= 4 is 40.8 Å². The summed E-state index contributed by atoms with van der Waals surface area (Å²) in [4.78, 5) is 30.6. The summed E-state index contributed by atoms with van der Waals surface area (Å²) >= 11 is 11.9. The number of carbonyl (C=O) groups excluding carboxylic acids is 2. The van der Waals surface area contributed by atoms with E-state index >= 15 is 0 Å². The number of nitrogens with zero attached hydrogens (tertiary/aromatic N) is 2. The van der Waals surface area contributed by atoms with Crippen molar-refractivity contribution in [2.24, 2.45) is 11.8 Å². The second-order valence-electron chi connectivity index (χ2n) is 6.35. The molecule has 1 aromatic heterocycles. The van der Waals surface area contributed by atoms with Gasteiger partial charge in [0.25, 0.3) is 0 Å². The fraction of sp³-hybridized carbons (Fsp3) is 0.562. The van der Waals surface area contributed by atoms with Crippen molar-refractivity contribution in [2.75, 3.05) is 18.4 Å². The molecule has 1 saturated heterocycles. The van der Waals surface area contributed by atoms with Gasteiger partial charge in [0.05, 0.1) is 11.8 Å². The van der Waals surface area contributed by atoms with Crippen molar-refractivity contribution in [1.29, 1.82) is 0 Å². The van der Waals surface area contributed by atoms with Crippen LogP contribution in [0.25, 0.3) is 0 Å². The first-order valence-corrected chi connectivity index (χ1v) is 8.52. The molecule has 124 valence electrons. The predicted molar refractivity (Wildman–Crippen MR) is 89.5 cm³/mol. The van der Waals surface area contributed by atoms with E-state index in [1.807, 2.05) is 13.0 Å². The molecule has 23 heavy (non-hydrogen) atoms. The molecule has 1 N–H and O–H groups in total. The van der Waals surface area contributed by atoms with Crippen molar-refractivity contribution in [2.45, 2.75) is 30.5 Å². The number of alkyl halides is 2. The first kappa shape index (κ1) is 16.5. The molecule has 1 aromatic rings. The molecule has 0 spiro atoms. The Hall–Kier alpha value is -1.33. The minimum atomic E-state index is -0.919. The van der Waals surface area contributed by atoms with Crippen LogP contribution in [0.4, 0.5) is 5.82 Å². The van der Waals surface area contributed by atoms with E-state index in [1.54, 1.807) is 17.2 Å². The number of carbonyl (C=O) groups is 2. The van der Waals surface area contributed by atoms with Crippen LogP contribution >= 0.6 is 23.2 Å². The molecule has 5 nitrogen and oxygen atoms in total. The van der Waals surface area contributed by atoms with E-state index in [1.165, 1.54) is 0 Å². The van der Waals surface area contributed by atoms with Gasteiger partial charge in [-0.05, 0) is 37.8 Å². The number of amides is 2. The molecule has 3 rings (SSSR count). The number of halogens is 2. The molecular weight excluding hydrogens is 337 g/mol. The summed E-state index contributed by atoms with van der Waals surface area (Å²) in [5.74, 6) is -0.161. The summed E-state index contributed by atoms with van der Waals surface area (Å²) in [5, 5.41) is 2.82. The maximum atomic E-state index is 12.4. The van der Waals surface area contributed by atoms with Crippen molar-refractivity contribution in [3.63, 3.8) is 0 Å². The monoisotopic (exact) mass is 355 g/mol. The lowest BCUT2D eigenvalue weighted by molar-refractivity contribution is -0.135. The van der Waals surface area contributed by atoms with Crippen LogP contribution in [0.15, 0.2) is 18.3 Å². The average Bonchev–Trinajstić information content (AvgIpc) is 3.17. The van der Waals surface area contributed by atoms with Crippen LogP contribution in [0.5, 0.6) is 0 Å². The minimum Gasteiger partial charge on any atom is -0.342 e. The molecule has 2 unspecified atom stereocenters. The van der Waals surface area contributed by atoms with Gasteiger partial charge in [-0.3, -0.25) is 9.59 Å². The summed E-state index contributed by atoms with van der Waals surface area (Å²) < 4.78 is -0.919. The van der Waals surface area contributed by atoms with Crippen LogP contribution in [0.2, 0.25) is 0 Å². The number of rotatable bonds is 3. The van der Waals surface area contributed by atoms with E-state index in [-0.39, 0.29) is 23.7 Å². The van der Waals surface area contributed by atoms with Gasteiger partial charge in [0, 0.05) is 19.3 Å². The zero-order valence-electron chi connectivity index (χ0n) is 12.9. The number of hydrogen-bond acceptors (Lipinski definition) is 3. The first-order valence-electron chi connectivity index (χ1n) is 7.77. The second-order valence-corrected chi connectivity index (χ2v) is 7.89. The largest absolute Gasteiger partial charge is 0.342 e. The average molecular weight is 356 g/mol. The normalized spacial score (nSPS) is 25.8. The highest BCUT2D eigenvalue weighted by atomic mass is 35.5. The first-order chi connectivity index (χ1) is 10.9. The van der Waals surface area contributed by atoms with E-state index in [0.29, 0.717) is 25.3 Å². The Balaban J connectivity index is 1.58. The van der Waals surface area contributed by atoms with Gasteiger partial charge in [-0.15, -0.1) is 23.2 Å². The molecule has 1 aliphatic heterocycles. The maximum absolute atomic E-state index is 12.4. The molecule has 0 aromatic carbocycles. The Morgan fingerprint density at radius 2 is 2.13 bits per heavy atom. The van der Waals surface area contributed by atoms with Crippen LogP contribution in [0, 0.1) is 18.8 Å². The SMILES string of the molecule is Cc1ccc(NC(=O)C2CCCN(C(=O)C3CC3(Cl)Cl)C2)nc1. The summed E-state index contributed by atoms with van der Waals surface area (Å²) in [5.41, 5.74) is 1.03. The molecule has 1 aliphatic carbocycles. The Morgan fingerprint density at radius 3 is 2.74 bits per heavy atom. The molecule has 0 bridgehead atoms. The van der Waals surface area contributed by atoms with Crippen LogP contribution in [-0.4, -0.2) is 39.1 Å². The fourth-order valence-corrected chi connectivity index (χ4v) is 3.36. The van der Waals surface area contributed by atoms with Gasteiger partial charge < -0.3 is 10.2 Å². The van der Waals surface area contributed by atoms with E-state index < -0.39 is 4.33 Å². The summed E-state index contributed by atoms with van der Waals surface area (Å²) in [6.07, 6.45) is 3.77. The maximum Gasteiger partial charge on any atom is 0.230 e. The number of pyridine rings is 1. The van der Waals surface area contributed by atoms with Gasteiger partial charge in [-0.2, -0.15) is 0 Å². The number of aryl methyl sites for hydroxylation is 1. The number of nitrogens with one attached hydrogen (secondary N) is 1. The lowest BCUT2D eigenvalue weighted by atomic mass is 9.96. The van der Waals surface area contributed by atoms with Crippen LogP contribution < -0.4 is 5.32 Å². The highest BCUT2D eigenvalue weighted by Gasteiger charge is 2.57.